The monoisotopic (exact) mass is 476 g/mol. The van der Waals surface area contributed by atoms with Gasteiger partial charge in [0.05, 0.1) is 17.4 Å². The van der Waals surface area contributed by atoms with Crippen LogP contribution in [0.1, 0.15) is 23.4 Å². The van der Waals surface area contributed by atoms with Crippen LogP contribution in [-0.4, -0.2) is 36.9 Å². The summed E-state index contributed by atoms with van der Waals surface area (Å²) in [6.07, 6.45) is 0.517. The van der Waals surface area contributed by atoms with Crippen LogP contribution in [0.4, 0.5) is 0 Å². The number of aromatic nitrogens is 3. The summed E-state index contributed by atoms with van der Waals surface area (Å²) in [6.45, 7) is 0. The van der Waals surface area contributed by atoms with E-state index in [1.807, 2.05) is 36.4 Å². The van der Waals surface area contributed by atoms with Gasteiger partial charge in [-0.25, -0.2) is 0 Å². The fraction of sp³-hybridized carbons (Fsp3) is 0.158. The normalized spacial score (nSPS) is 15.8. The molecule has 9 heteroatoms. The second-order valence-corrected chi connectivity index (χ2v) is 8.73. The van der Waals surface area contributed by atoms with Crippen LogP contribution in [0, 0.1) is 0 Å². The molecule has 2 aromatic carbocycles. The number of halogens is 2. The van der Waals surface area contributed by atoms with E-state index < -0.39 is 5.97 Å². The molecule has 0 spiro atoms. The summed E-state index contributed by atoms with van der Waals surface area (Å²) in [5.74, 6) is -0.188. The number of benzene rings is 2. The number of fused-ring (bicyclic) bond motifs is 1. The summed E-state index contributed by atoms with van der Waals surface area (Å²) in [4.78, 5) is 11.3. The summed E-state index contributed by atoms with van der Waals surface area (Å²) >= 11 is 10.8. The van der Waals surface area contributed by atoms with Gasteiger partial charge in [0.2, 0.25) is 5.16 Å². The first-order chi connectivity index (χ1) is 13.5. The first kappa shape index (κ1) is 19.2. The SMILES string of the molecule is O=C(O)C[C@@H]1Sc2nnc(Cc3ccc(Br)cc3)n2N=C1c1ccc(Cl)cc1. The Hall–Kier alpha value is -2.16. The standard InChI is InChI=1S/C19H14BrClN4O2S/c20-13-5-1-11(2-6-13)9-16-22-23-19-25(16)24-18(15(28-19)10-17(26)27)12-3-7-14(21)8-4-12/h1-8,15H,9-10H2,(H,26,27)/t15-/m0/s1. The molecule has 1 aromatic heterocycles. The summed E-state index contributed by atoms with van der Waals surface area (Å²) in [5.41, 5.74) is 2.59. The Kier molecular flexibility index (Phi) is 5.52. The number of carbonyl (C=O) groups is 1. The van der Waals surface area contributed by atoms with E-state index in [0.29, 0.717) is 28.1 Å². The molecule has 0 bridgehead atoms. The third-order valence-electron chi connectivity index (χ3n) is 4.21. The van der Waals surface area contributed by atoms with Crippen molar-refractivity contribution in [2.45, 2.75) is 23.2 Å². The maximum atomic E-state index is 11.3. The van der Waals surface area contributed by atoms with Crippen molar-refractivity contribution in [3.63, 3.8) is 0 Å². The lowest BCUT2D eigenvalue weighted by atomic mass is 10.1. The molecule has 0 saturated heterocycles. The Morgan fingerprint density at radius 3 is 2.54 bits per heavy atom. The third-order valence-corrected chi connectivity index (χ3v) is 6.13. The van der Waals surface area contributed by atoms with Gasteiger partial charge in [0.1, 0.15) is 0 Å². The highest BCUT2D eigenvalue weighted by Crippen LogP contribution is 2.33. The van der Waals surface area contributed by atoms with Gasteiger partial charge in [0, 0.05) is 15.9 Å². The Bertz CT molecular complexity index is 1050. The quantitative estimate of drug-likeness (QED) is 0.586. The van der Waals surface area contributed by atoms with E-state index in [1.165, 1.54) is 11.8 Å². The van der Waals surface area contributed by atoms with E-state index in [-0.39, 0.29) is 11.7 Å². The second-order valence-electron chi connectivity index (χ2n) is 6.21. The molecule has 0 aliphatic carbocycles. The van der Waals surface area contributed by atoms with Gasteiger partial charge in [0.15, 0.2) is 5.82 Å². The third kappa shape index (κ3) is 4.14. The number of nitrogens with zero attached hydrogens (tertiary/aromatic N) is 4. The van der Waals surface area contributed by atoms with E-state index in [4.69, 9.17) is 16.7 Å². The van der Waals surface area contributed by atoms with Crippen LogP contribution in [0.15, 0.2) is 63.3 Å². The molecular formula is C19H14BrClN4O2S. The molecule has 1 N–H and O–H groups in total. The van der Waals surface area contributed by atoms with Crippen molar-refractivity contribution in [3.8, 4) is 0 Å². The Morgan fingerprint density at radius 1 is 1.14 bits per heavy atom. The number of carboxylic acid groups (broad SMARTS) is 1. The molecule has 0 fully saturated rings. The minimum absolute atomic E-state index is 0.0545. The average Bonchev–Trinajstić information content (AvgIpc) is 3.05. The van der Waals surface area contributed by atoms with Gasteiger partial charge in [0.25, 0.3) is 0 Å². The predicted molar refractivity (Wildman–Crippen MR) is 112 cm³/mol. The fourth-order valence-corrected chi connectivity index (χ4v) is 4.38. The summed E-state index contributed by atoms with van der Waals surface area (Å²) in [6, 6.07) is 15.2. The maximum absolute atomic E-state index is 11.3. The molecule has 28 heavy (non-hydrogen) atoms. The number of aliphatic carboxylic acids is 1. The molecule has 0 saturated carbocycles. The van der Waals surface area contributed by atoms with Gasteiger partial charge in [-0.05, 0) is 35.4 Å². The molecule has 2 heterocycles. The molecule has 1 atom stereocenters. The van der Waals surface area contributed by atoms with Crippen LogP contribution in [-0.2, 0) is 11.2 Å². The minimum atomic E-state index is -0.887. The molecule has 0 radical (unpaired) electrons. The smallest absolute Gasteiger partial charge is 0.304 e. The van der Waals surface area contributed by atoms with Crippen molar-refractivity contribution in [1.82, 2.24) is 14.9 Å². The van der Waals surface area contributed by atoms with Gasteiger partial charge in [-0.3, -0.25) is 4.79 Å². The molecular weight excluding hydrogens is 464 g/mol. The zero-order valence-corrected chi connectivity index (χ0v) is 17.6. The molecule has 1 aliphatic heterocycles. The summed E-state index contributed by atoms with van der Waals surface area (Å²) in [7, 11) is 0. The van der Waals surface area contributed by atoms with Gasteiger partial charge < -0.3 is 5.11 Å². The highest BCUT2D eigenvalue weighted by molar-refractivity contribution is 9.10. The Labute approximate surface area is 178 Å². The largest absolute Gasteiger partial charge is 0.481 e. The zero-order chi connectivity index (χ0) is 19.7. The van der Waals surface area contributed by atoms with Gasteiger partial charge >= 0.3 is 5.97 Å². The van der Waals surface area contributed by atoms with Crippen LogP contribution in [0.5, 0.6) is 0 Å². The van der Waals surface area contributed by atoms with Crippen molar-refractivity contribution in [2.24, 2.45) is 5.10 Å². The first-order valence-corrected chi connectivity index (χ1v) is 10.5. The van der Waals surface area contributed by atoms with Crippen LogP contribution in [0.2, 0.25) is 5.02 Å². The zero-order valence-electron chi connectivity index (χ0n) is 14.4. The van der Waals surface area contributed by atoms with Crippen molar-refractivity contribution in [1.29, 1.82) is 0 Å². The fourth-order valence-electron chi connectivity index (χ4n) is 2.88. The van der Waals surface area contributed by atoms with Crippen molar-refractivity contribution >= 4 is 51.0 Å². The van der Waals surface area contributed by atoms with E-state index in [0.717, 1.165) is 15.6 Å². The highest BCUT2D eigenvalue weighted by atomic mass is 79.9. The molecule has 0 unspecified atom stereocenters. The predicted octanol–water partition coefficient (Wildman–Crippen LogP) is 4.49. The molecule has 6 nitrogen and oxygen atoms in total. The highest BCUT2D eigenvalue weighted by Gasteiger charge is 2.30. The number of hydrogen-bond acceptors (Lipinski definition) is 5. The number of thioether (sulfide) groups is 1. The number of rotatable bonds is 5. The van der Waals surface area contributed by atoms with Crippen LogP contribution in [0.3, 0.4) is 0 Å². The Balaban J connectivity index is 1.72. The van der Waals surface area contributed by atoms with Crippen molar-refractivity contribution < 1.29 is 9.90 Å². The molecule has 0 amide bonds. The second kappa shape index (κ2) is 8.06. The van der Waals surface area contributed by atoms with E-state index in [2.05, 4.69) is 26.1 Å². The summed E-state index contributed by atoms with van der Waals surface area (Å²) < 4.78 is 2.71. The Morgan fingerprint density at radius 2 is 1.86 bits per heavy atom. The molecule has 1 aliphatic rings. The number of carboxylic acids is 1. The minimum Gasteiger partial charge on any atom is -0.481 e. The van der Waals surface area contributed by atoms with Crippen LogP contribution >= 0.6 is 39.3 Å². The van der Waals surface area contributed by atoms with Crippen LogP contribution in [0.25, 0.3) is 0 Å². The topological polar surface area (TPSA) is 80.4 Å². The maximum Gasteiger partial charge on any atom is 0.304 e. The first-order valence-electron chi connectivity index (χ1n) is 8.41. The lowest BCUT2D eigenvalue weighted by Gasteiger charge is -2.22. The molecule has 142 valence electrons. The number of hydrogen-bond donors (Lipinski definition) is 1. The van der Waals surface area contributed by atoms with E-state index in [1.54, 1.807) is 16.8 Å². The van der Waals surface area contributed by atoms with Gasteiger partial charge in [-0.15, -0.1) is 10.2 Å². The van der Waals surface area contributed by atoms with E-state index in [9.17, 15) is 9.90 Å². The lowest BCUT2D eigenvalue weighted by molar-refractivity contribution is -0.136. The van der Waals surface area contributed by atoms with E-state index >= 15 is 0 Å². The van der Waals surface area contributed by atoms with Crippen molar-refractivity contribution in [3.05, 3.63) is 75.0 Å². The lowest BCUT2D eigenvalue weighted by Crippen LogP contribution is -2.27. The van der Waals surface area contributed by atoms with Gasteiger partial charge in [-0.2, -0.15) is 9.78 Å². The average molecular weight is 478 g/mol. The molecule has 3 aromatic rings. The van der Waals surface area contributed by atoms with Crippen molar-refractivity contribution in [2.75, 3.05) is 0 Å². The summed E-state index contributed by atoms with van der Waals surface area (Å²) in [5, 5.41) is 23.4. The molecule has 4 rings (SSSR count). The van der Waals surface area contributed by atoms with Gasteiger partial charge in [-0.1, -0.05) is 63.6 Å². The van der Waals surface area contributed by atoms with Crippen LogP contribution < -0.4 is 0 Å².